The Morgan fingerprint density at radius 1 is 1.03 bits per heavy atom. The molecular weight excluding hydrogens is 485 g/mol. The van der Waals surface area contributed by atoms with Crippen LogP contribution in [0.15, 0.2) is 41.3 Å². The minimum Gasteiger partial charge on any atom is -0.382 e. The number of rotatable bonds is 12. The van der Waals surface area contributed by atoms with Crippen molar-refractivity contribution in [2.45, 2.75) is 23.8 Å². The van der Waals surface area contributed by atoms with E-state index in [0.29, 0.717) is 54.4 Å². The molecular formula is C24H31Cl2NO5S. The van der Waals surface area contributed by atoms with Gasteiger partial charge in [0.2, 0.25) is 0 Å². The summed E-state index contributed by atoms with van der Waals surface area (Å²) in [7, 11) is 0.224. The van der Waals surface area contributed by atoms with Crippen LogP contribution in [0.2, 0.25) is 10.0 Å². The van der Waals surface area contributed by atoms with Crippen LogP contribution in [-0.2, 0) is 30.6 Å². The zero-order valence-corrected chi connectivity index (χ0v) is 21.4. The topological polar surface area (TPSA) is 65.1 Å². The van der Waals surface area contributed by atoms with Crippen molar-refractivity contribution in [1.82, 2.24) is 4.90 Å². The summed E-state index contributed by atoms with van der Waals surface area (Å²) in [6, 6.07) is 10.9. The van der Waals surface area contributed by atoms with Gasteiger partial charge in [-0.25, -0.2) is 8.42 Å². The summed E-state index contributed by atoms with van der Waals surface area (Å²) in [4.78, 5) is 2.51. The summed E-state index contributed by atoms with van der Waals surface area (Å²) >= 11 is 12.7. The third-order valence-electron chi connectivity index (χ3n) is 5.62. The molecule has 0 saturated carbocycles. The van der Waals surface area contributed by atoms with E-state index in [4.69, 9.17) is 37.4 Å². The van der Waals surface area contributed by atoms with Crippen molar-refractivity contribution in [3.05, 3.63) is 63.1 Å². The average molecular weight is 516 g/mol. The Morgan fingerprint density at radius 2 is 1.76 bits per heavy atom. The second-order valence-electron chi connectivity index (χ2n) is 8.17. The van der Waals surface area contributed by atoms with Crippen LogP contribution in [0.4, 0.5) is 0 Å². The predicted octanol–water partition coefficient (Wildman–Crippen LogP) is 4.41. The fourth-order valence-electron chi connectivity index (χ4n) is 3.99. The first-order valence-electron chi connectivity index (χ1n) is 11.0. The first kappa shape index (κ1) is 26.4. The fraction of sp³-hybridized carbons (Fsp3) is 0.500. The lowest BCUT2D eigenvalue weighted by Gasteiger charge is -2.33. The van der Waals surface area contributed by atoms with Crippen molar-refractivity contribution >= 4 is 33.0 Å². The zero-order valence-electron chi connectivity index (χ0n) is 19.1. The third-order valence-corrected chi connectivity index (χ3v) is 7.97. The molecule has 1 aliphatic heterocycles. The van der Waals surface area contributed by atoms with Crippen LogP contribution in [0.25, 0.3) is 0 Å². The third kappa shape index (κ3) is 7.39. The van der Waals surface area contributed by atoms with Crippen LogP contribution in [0.1, 0.15) is 29.0 Å². The molecule has 0 N–H and O–H groups in total. The average Bonchev–Trinajstić information content (AvgIpc) is 2.78. The number of hydrogen-bond acceptors (Lipinski definition) is 6. The molecule has 0 aromatic heterocycles. The maximum absolute atomic E-state index is 12.9. The number of nitrogens with zero attached hydrogens (tertiary/aromatic N) is 1. The van der Waals surface area contributed by atoms with E-state index >= 15 is 0 Å². The Bertz CT molecular complexity index is 1030. The molecule has 182 valence electrons. The summed E-state index contributed by atoms with van der Waals surface area (Å²) < 4.78 is 41.6. The number of halogens is 2. The van der Waals surface area contributed by atoms with E-state index in [1.54, 1.807) is 31.4 Å². The molecule has 1 unspecified atom stereocenters. The van der Waals surface area contributed by atoms with Crippen molar-refractivity contribution in [2.75, 3.05) is 59.5 Å². The lowest BCUT2D eigenvalue weighted by Crippen LogP contribution is -2.31. The normalized spacial score (nSPS) is 16.7. The van der Waals surface area contributed by atoms with Gasteiger partial charge in [0.15, 0.2) is 9.84 Å². The molecule has 0 radical (unpaired) electrons. The number of benzene rings is 2. The highest BCUT2D eigenvalue weighted by Crippen LogP contribution is 2.38. The molecule has 1 heterocycles. The van der Waals surface area contributed by atoms with Crippen LogP contribution >= 0.6 is 23.2 Å². The van der Waals surface area contributed by atoms with E-state index in [-0.39, 0.29) is 11.7 Å². The van der Waals surface area contributed by atoms with E-state index in [1.165, 1.54) is 0 Å². The molecule has 6 nitrogen and oxygen atoms in total. The van der Waals surface area contributed by atoms with E-state index < -0.39 is 9.84 Å². The Kier molecular flexibility index (Phi) is 10.0. The number of hydrogen-bond donors (Lipinski definition) is 0. The van der Waals surface area contributed by atoms with Gasteiger partial charge in [0.05, 0.1) is 37.1 Å². The van der Waals surface area contributed by atoms with E-state index in [9.17, 15) is 8.42 Å². The summed E-state index contributed by atoms with van der Waals surface area (Å²) in [5.74, 6) is 0.0197. The van der Waals surface area contributed by atoms with E-state index in [2.05, 4.69) is 4.90 Å². The van der Waals surface area contributed by atoms with Crippen LogP contribution in [0.5, 0.6) is 0 Å². The van der Waals surface area contributed by atoms with Gasteiger partial charge >= 0.3 is 0 Å². The first-order chi connectivity index (χ1) is 15.8. The number of likely N-dealkylation sites (N-methyl/N-ethyl adjacent to an activating group) is 1. The molecule has 2 aromatic rings. The Balaban J connectivity index is 1.64. The number of methoxy groups -OCH3 is 1. The van der Waals surface area contributed by atoms with Crippen molar-refractivity contribution < 1.29 is 22.6 Å². The molecule has 1 aliphatic rings. The molecule has 0 bridgehead atoms. The highest BCUT2D eigenvalue weighted by atomic mass is 35.5. The molecule has 9 heteroatoms. The smallest absolute Gasteiger partial charge is 0.178 e. The van der Waals surface area contributed by atoms with Gasteiger partial charge in [0, 0.05) is 42.8 Å². The lowest BCUT2D eigenvalue weighted by atomic mass is 9.85. The maximum Gasteiger partial charge on any atom is 0.178 e. The maximum atomic E-state index is 12.9. The molecule has 0 spiro atoms. The standard InChI is InChI=1S/C24H31Cl2NO5S/c1-27-16-22(21-14-19(25)15-24(26)23(21)17-27)18-5-3-6-20(13-18)33(28,29)12-4-7-31-10-11-32-9-8-30-2/h3,5-6,13-15,22H,4,7-12,16-17H2,1-2H3. The molecule has 3 rings (SSSR count). The van der Waals surface area contributed by atoms with E-state index in [0.717, 1.165) is 29.8 Å². The van der Waals surface area contributed by atoms with Gasteiger partial charge in [-0.05, 0) is 54.4 Å². The number of sulfone groups is 1. The summed E-state index contributed by atoms with van der Waals surface area (Å²) in [6.07, 6.45) is 0.421. The minimum absolute atomic E-state index is 0.00783. The molecule has 33 heavy (non-hydrogen) atoms. The first-order valence-corrected chi connectivity index (χ1v) is 13.4. The second-order valence-corrected chi connectivity index (χ2v) is 11.1. The molecule has 0 aliphatic carbocycles. The van der Waals surface area contributed by atoms with Gasteiger partial charge in [0.1, 0.15) is 0 Å². The molecule has 0 amide bonds. The number of ether oxygens (including phenoxy) is 3. The zero-order chi connectivity index (χ0) is 23.8. The van der Waals surface area contributed by atoms with Crippen molar-refractivity contribution in [2.24, 2.45) is 0 Å². The van der Waals surface area contributed by atoms with Gasteiger partial charge in [-0.2, -0.15) is 0 Å². The largest absolute Gasteiger partial charge is 0.382 e. The van der Waals surface area contributed by atoms with Gasteiger partial charge in [-0.3, -0.25) is 0 Å². The van der Waals surface area contributed by atoms with Crippen molar-refractivity contribution in [3.8, 4) is 0 Å². The van der Waals surface area contributed by atoms with Gasteiger partial charge < -0.3 is 19.1 Å². The van der Waals surface area contributed by atoms with Crippen LogP contribution in [0, 0.1) is 0 Å². The second kappa shape index (κ2) is 12.5. The van der Waals surface area contributed by atoms with Crippen molar-refractivity contribution in [1.29, 1.82) is 0 Å². The summed E-state index contributed by atoms with van der Waals surface area (Å²) in [5.41, 5.74) is 3.03. The minimum atomic E-state index is -3.43. The fourth-order valence-corrected chi connectivity index (χ4v) is 5.89. The quantitative estimate of drug-likeness (QED) is 0.390. The van der Waals surface area contributed by atoms with E-state index in [1.807, 2.05) is 19.2 Å². The summed E-state index contributed by atoms with van der Waals surface area (Å²) in [5, 5.41) is 1.23. The van der Waals surface area contributed by atoms with Crippen molar-refractivity contribution in [3.63, 3.8) is 0 Å². The van der Waals surface area contributed by atoms with Crippen LogP contribution in [-0.4, -0.2) is 72.8 Å². The molecule has 0 saturated heterocycles. The number of fused-ring (bicyclic) bond motifs is 1. The molecule has 1 atom stereocenters. The Morgan fingerprint density at radius 3 is 2.52 bits per heavy atom. The highest BCUT2D eigenvalue weighted by molar-refractivity contribution is 7.91. The van der Waals surface area contributed by atoms with Crippen LogP contribution < -0.4 is 0 Å². The van der Waals surface area contributed by atoms with Gasteiger partial charge in [0.25, 0.3) is 0 Å². The Labute approximate surface area is 206 Å². The lowest BCUT2D eigenvalue weighted by molar-refractivity contribution is 0.0251. The predicted molar refractivity (Wildman–Crippen MR) is 131 cm³/mol. The van der Waals surface area contributed by atoms with Crippen LogP contribution in [0.3, 0.4) is 0 Å². The summed E-state index contributed by atoms with van der Waals surface area (Å²) in [6.45, 7) is 3.81. The SMILES string of the molecule is COCCOCCOCCCS(=O)(=O)c1cccc(C2CN(C)Cc3c(Cl)cc(Cl)cc32)c1. The highest BCUT2D eigenvalue weighted by Gasteiger charge is 2.28. The Hall–Kier alpha value is -1.19. The molecule has 2 aromatic carbocycles. The monoisotopic (exact) mass is 515 g/mol. The van der Waals surface area contributed by atoms with Gasteiger partial charge in [-0.15, -0.1) is 0 Å². The van der Waals surface area contributed by atoms with Gasteiger partial charge in [-0.1, -0.05) is 35.3 Å². The molecule has 0 fully saturated rings.